The highest BCUT2D eigenvalue weighted by Crippen LogP contribution is 2.29. The Labute approximate surface area is 125 Å². The molecule has 1 aliphatic rings. The first-order valence-electron chi connectivity index (χ1n) is 7.59. The molecule has 0 radical (unpaired) electrons. The Kier molecular flexibility index (Phi) is 4.22. The fraction of sp³-hybridized carbons (Fsp3) is 0.562. The van der Waals surface area contributed by atoms with Crippen LogP contribution in [0.2, 0.25) is 0 Å². The lowest BCUT2D eigenvalue weighted by molar-refractivity contribution is 0.502. The van der Waals surface area contributed by atoms with E-state index in [1.807, 2.05) is 0 Å². The van der Waals surface area contributed by atoms with Crippen molar-refractivity contribution in [2.24, 2.45) is 0 Å². The first-order chi connectivity index (χ1) is 9.76. The zero-order valence-electron chi connectivity index (χ0n) is 12.4. The molecule has 1 atom stereocenters. The molecule has 1 N–H and O–H groups in total. The van der Waals surface area contributed by atoms with E-state index in [1.165, 1.54) is 42.5 Å². The quantitative estimate of drug-likeness (QED) is 0.870. The molecule has 108 valence electrons. The smallest absolute Gasteiger partial charge is 0.0898 e. The maximum atomic E-state index is 4.57. The van der Waals surface area contributed by atoms with Gasteiger partial charge in [-0.1, -0.05) is 13.3 Å². The van der Waals surface area contributed by atoms with Crippen LogP contribution in [0, 0.1) is 6.92 Å². The van der Waals surface area contributed by atoms with Crippen molar-refractivity contribution in [2.45, 2.75) is 52.1 Å². The lowest BCUT2D eigenvalue weighted by Gasteiger charge is -2.15. The van der Waals surface area contributed by atoms with Crippen LogP contribution in [0.3, 0.4) is 0 Å². The normalized spacial score (nSPS) is 18.8. The molecule has 3 nitrogen and oxygen atoms in total. The monoisotopic (exact) mass is 289 g/mol. The standard InChI is InChI=1S/C16H23N3S/c1-3-17-16-7-5-4-6-13-8-19(10-15(13)16)9-14-11-20-12(2)18-14/h8,10-11,16-17H,3-7,9H2,1-2H3. The molecular weight excluding hydrogens is 266 g/mol. The highest BCUT2D eigenvalue weighted by molar-refractivity contribution is 7.09. The van der Waals surface area contributed by atoms with Crippen LogP contribution < -0.4 is 5.32 Å². The molecule has 0 aliphatic heterocycles. The Bertz CT molecular complexity index is 570. The Morgan fingerprint density at radius 1 is 1.40 bits per heavy atom. The number of fused-ring (bicyclic) bond motifs is 1. The zero-order chi connectivity index (χ0) is 13.9. The van der Waals surface area contributed by atoms with Gasteiger partial charge in [-0.3, -0.25) is 0 Å². The summed E-state index contributed by atoms with van der Waals surface area (Å²) in [6.45, 7) is 6.20. The van der Waals surface area contributed by atoms with E-state index in [0.29, 0.717) is 6.04 Å². The molecule has 20 heavy (non-hydrogen) atoms. The number of thiazole rings is 1. The highest BCUT2D eigenvalue weighted by Gasteiger charge is 2.19. The number of hydrogen-bond donors (Lipinski definition) is 1. The van der Waals surface area contributed by atoms with Crippen molar-refractivity contribution >= 4 is 11.3 Å². The van der Waals surface area contributed by atoms with E-state index in [1.54, 1.807) is 11.3 Å². The molecule has 2 aromatic rings. The summed E-state index contributed by atoms with van der Waals surface area (Å²) in [6, 6.07) is 0.538. The molecule has 0 aromatic carbocycles. The Morgan fingerprint density at radius 2 is 2.30 bits per heavy atom. The van der Waals surface area contributed by atoms with E-state index in [4.69, 9.17) is 0 Å². The Morgan fingerprint density at radius 3 is 3.05 bits per heavy atom. The van der Waals surface area contributed by atoms with Gasteiger partial charge in [0.2, 0.25) is 0 Å². The second kappa shape index (κ2) is 6.10. The molecule has 0 bridgehead atoms. The second-order valence-corrected chi connectivity index (χ2v) is 6.69. The predicted octanol–water partition coefficient (Wildman–Crippen LogP) is 3.68. The van der Waals surface area contributed by atoms with Crippen molar-refractivity contribution in [3.63, 3.8) is 0 Å². The van der Waals surface area contributed by atoms with Crippen molar-refractivity contribution in [3.8, 4) is 0 Å². The van der Waals surface area contributed by atoms with Crippen LogP contribution >= 0.6 is 11.3 Å². The molecule has 0 saturated heterocycles. The molecule has 0 spiro atoms. The van der Waals surface area contributed by atoms with E-state index in [9.17, 15) is 0 Å². The average Bonchev–Trinajstić information content (AvgIpc) is 2.96. The second-order valence-electron chi connectivity index (χ2n) is 5.63. The van der Waals surface area contributed by atoms with Crippen LogP contribution in [-0.2, 0) is 13.0 Å². The third-order valence-electron chi connectivity index (χ3n) is 4.02. The Hall–Kier alpha value is -1.13. The van der Waals surface area contributed by atoms with Crippen molar-refractivity contribution in [1.82, 2.24) is 14.9 Å². The fourth-order valence-electron chi connectivity index (χ4n) is 3.13. The number of rotatable bonds is 4. The van der Waals surface area contributed by atoms with Gasteiger partial charge < -0.3 is 9.88 Å². The van der Waals surface area contributed by atoms with E-state index in [0.717, 1.165) is 18.1 Å². The van der Waals surface area contributed by atoms with Crippen LogP contribution in [0.4, 0.5) is 0 Å². The molecule has 3 rings (SSSR count). The van der Waals surface area contributed by atoms with Gasteiger partial charge in [0.15, 0.2) is 0 Å². The van der Waals surface area contributed by atoms with Crippen molar-refractivity contribution in [1.29, 1.82) is 0 Å². The molecule has 0 amide bonds. The Balaban J connectivity index is 1.82. The predicted molar refractivity (Wildman–Crippen MR) is 84.4 cm³/mol. The highest BCUT2D eigenvalue weighted by atomic mass is 32.1. The lowest BCUT2D eigenvalue weighted by atomic mass is 10.0. The molecule has 0 saturated carbocycles. The summed E-state index contributed by atoms with van der Waals surface area (Å²) < 4.78 is 2.31. The molecule has 4 heteroatoms. The van der Waals surface area contributed by atoms with Crippen LogP contribution in [0.25, 0.3) is 0 Å². The SMILES string of the molecule is CCNC1CCCCc2cn(Cc3csc(C)n3)cc21. The average molecular weight is 289 g/mol. The van der Waals surface area contributed by atoms with Crippen LogP contribution in [0.5, 0.6) is 0 Å². The lowest BCUT2D eigenvalue weighted by Crippen LogP contribution is -2.20. The number of nitrogens with one attached hydrogen (secondary N) is 1. The minimum absolute atomic E-state index is 0.538. The van der Waals surface area contributed by atoms with Crippen molar-refractivity contribution < 1.29 is 0 Å². The largest absolute Gasteiger partial charge is 0.348 e. The van der Waals surface area contributed by atoms with Gasteiger partial charge in [0.05, 0.1) is 17.2 Å². The van der Waals surface area contributed by atoms with Crippen LogP contribution in [0.15, 0.2) is 17.8 Å². The summed E-state index contributed by atoms with van der Waals surface area (Å²) in [4.78, 5) is 4.57. The molecule has 1 aliphatic carbocycles. The number of aryl methyl sites for hydroxylation is 2. The van der Waals surface area contributed by atoms with E-state index >= 15 is 0 Å². The minimum atomic E-state index is 0.538. The zero-order valence-corrected chi connectivity index (χ0v) is 13.2. The van der Waals surface area contributed by atoms with Gasteiger partial charge in [-0.15, -0.1) is 11.3 Å². The maximum absolute atomic E-state index is 4.57. The summed E-state index contributed by atoms with van der Waals surface area (Å²) in [5.74, 6) is 0. The van der Waals surface area contributed by atoms with Gasteiger partial charge in [-0.05, 0) is 43.9 Å². The van der Waals surface area contributed by atoms with E-state index in [-0.39, 0.29) is 0 Å². The van der Waals surface area contributed by atoms with E-state index in [2.05, 4.69) is 46.5 Å². The van der Waals surface area contributed by atoms with Gasteiger partial charge in [-0.2, -0.15) is 0 Å². The maximum Gasteiger partial charge on any atom is 0.0898 e. The van der Waals surface area contributed by atoms with Gasteiger partial charge in [0.1, 0.15) is 0 Å². The summed E-state index contributed by atoms with van der Waals surface area (Å²) >= 11 is 1.73. The van der Waals surface area contributed by atoms with E-state index < -0.39 is 0 Å². The van der Waals surface area contributed by atoms with Gasteiger partial charge in [0.25, 0.3) is 0 Å². The van der Waals surface area contributed by atoms with Gasteiger partial charge >= 0.3 is 0 Å². The third kappa shape index (κ3) is 2.96. The van der Waals surface area contributed by atoms with Crippen molar-refractivity contribution in [2.75, 3.05) is 6.54 Å². The molecule has 1 unspecified atom stereocenters. The number of aromatic nitrogens is 2. The summed E-state index contributed by atoms with van der Waals surface area (Å²) in [5, 5.41) is 6.96. The van der Waals surface area contributed by atoms with Crippen LogP contribution in [0.1, 0.15) is 54.1 Å². The van der Waals surface area contributed by atoms with Crippen molar-refractivity contribution in [3.05, 3.63) is 39.6 Å². The number of nitrogens with zero attached hydrogens (tertiary/aromatic N) is 2. The first-order valence-corrected chi connectivity index (χ1v) is 8.47. The van der Waals surface area contributed by atoms with Gasteiger partial charge in [0, 0.05) is 23.8 Å². The minimum Gasteiger partial charge on any atom is -0.348 e. The molecule has 2 aromatic heterocycles. The topological polar surface area (TPSA) is 29.9 Å². The molecular formula is C16H23N3S. The fourth-order valence-corrected chi connectivity index (χ4v) is 3.74. The van der Waals surface area contributed by atoms with Crippen LogP contribution in [-0.4, -0.2) is 16.1 Å². The third-order valence-corrected chi connectivity index (χ3v) is 4.85. The first kappa shape index (κ1) is 13.8. The molecule has 2 heterocycles. The summed E-state index contributed by atoms with van der Waals surface area (Å²) in [5.41, 5.74) is 4.22. The number of hydrogen-bond acceptors (Lipinski definition) is 3. The van der Waals surface area contributed by atoms with Gasteiger partial charge in [-0.25, -0.2) is 4.98 Å². The summed E-state index contributed by atoms with van der Waals surface area (Å²) in [6.07, 6.45) is 9.80. The molecule has 0 fully saturated rings. The summed E-state index contributed by atoms with van der Waals surface area (Å²) in [7, 11) is 0.